The van der Waals surface area contributed by atoms with Crippen molar-refractivity contribution in [2.75, 3.05) is 0 Å². The molecule has 0 bridgehead atoms. The Morgan fingerprint density at radius 3 is 1.04 bits per heavy atom. The molecule has 0 heterocycles. The topological polar surface area (TPSA) is 37.3 Å². The number of aliphatic carboxylic acids is 1. The fourth-order valence-electron chi connectivity index (χ4n) is 0.904. The average Bonchev–Trinajstić information content (AvgIpc) is 2.25. The van der Waals surface area contributed by atoms with Gasteiger partial charge in [-0.15, -0.1) is 0 Å². The Balaban J connectivity index is 0. The Kier molecular flexibility index (Phi) is 6.61. The molecule has 0 saturated heterocycles. The van der Waals surface area contributed by atoms with Crippen molar-refractivity contribution < 1.29 is 67.0 Å². The number of alkyl halides is 13. The van der Waals surface area contributed by atoms with Gasteiger partial charge in [0.25, 0.3) is 0 Å². The van der Waals surface area contributed by atoms with E-state index in [1.54, 1.807) is 0 Å². The molecule has 16 heteroatoms. The summed E-state index contributed by atoms with van der Waals surface area (Å²) in [5, 5.41) is 7.55. The predicted octanol–water partition coefficient (Wildman–Crippen LogP) is 3.16. The van der Waals surface area contributed by atoms with Crippen molar-refractivity contribution in [2.45, 2.75) is 35.8 Å². The molecule has 0 aromatic heterocycles. The van der Waals surface area contributed by atoms with Crippen LogP contribution < -0.4 is 0 Å². The Labute approximate surface area is 138 Å². The summed E-state index contributed by atoms with van der Waals surface area (Å²) < 4.78 is 159. The van der Waals surface area contributed by atoms with Gasteiger partial charge in [0.15, 0.2) is 0 Å². The molecule has 0 aliphatic carbocycles. The van der Waals surface area contributed by atoms with Gasteiger partial charge in [0, 0.05) is 0 Å². The van der Waals surface area contributed by atoms with E-state index in [-0.39, 0.29) is 29.6 Å². The van der Waals surface area contributed by atoms with Gasteiger partial charge in [-0.25, -0.2) is 4.79 Å². The molecule has 1 N–H and O–H groups in total. The van der Waals surface area contributed by atoms with E-state index in [1.807, 2.05) is 0 Å². The second-order valence-electron chi connectivity index (χ2n) is 3.67. The summed E-state index contributed by atoms with van der Waals surface area (Å²) in [5.74, 6) is -43.0. The van der Waals surface area contributed by atoms with E-state index in [9.17, 15) is 61.9 Å². The molecule has 0 radical (unpaired) electrons. The van der Waals surface area contributed by atoms with Crippen molar-refractivity contribution in [1.29, 1.82) is 0 Å². The number of hydrogen-bond donors (Lipinski definition) is 1. The second-order valence-corrected chi connectivity index (χ2v) is 3.67. The summed E-state index contributed by atoms with van der Waals surface area (Å²) in [5.41, 5.74) is 0. The Morgan fingerprint density at radius 1 is 0.565 bits per heavy atom. The molecule has 0 aromatic carbocycles. The summed E-state index contributed by atoms with van der Waals surface area (Å²) in [6.45, 7) is 0. The summed E-state index contributed by atoms with van der Waals surface area (Å²) in [6.07, 6.45) is -7.52. The van der Waals surface area contributed by atoms with E-state index in [1.165, 1.54) is 0 Å². The van der Waals surface area contributed by atoms with Gasteiger partial charge in [0.2, 0.25) is 0 Å². The molecule has 2 nitrogen and oxygen atoms in total. The summed E-state index contributed by atoms with van der Waals surface area (Å²) in [7, 11) is 0. The van der Waals surface area contributed by atoms with E-state index in [4.69, 9.17) is 5.11 Å². The van der Waals surface area contributed by atoms with Gasteiger partial charge in [0.1, 0.15) is 0 Å². The van der Waals surface area contributed by atoms with Crippen LogP contribution in [0.25, 0.3) is 0 Å². The van der Waals surface area contributed by atoms with Crippen LogP contribution in [-0.2, 0) is 4.79 Å². The number of hydrogen-bond acceptors (Lipinski definition) is 1. The van der Waals surface area contributed by atoms with Crippen molar-refractivity contribution in [3.05, 3.63) is 0 Å². The van der Waals surface area contributed by atoms with Crippen LogP contribution in [0.4, 0.5) is 57.1 Å². The third kappa shape index (κ3) is 3.23. The van der Waals surface area contributed by atoms with E-state index < -0.39 is 41.8 Å². The summed E-state index contributed by atoms with van der Waals surface area (Å²) >= 11 is 0. The molecule has 23 heavy (non-hydrogen) atoms. The molecule has 0 aliphatic heterocycles. The van der Waals surface area contributed by atoms with Crippen LogP contribution in [0.1, 0.15) is 0 Å². The van der Waals surface area contributed by atoms with E-state index in [2.05, 4.69) is 0 Å². The van der Waals surface area contributed by atoms with Gasteiger partial charge < -0.3 is 5.11 Å². The minimum atomic E-state index is -8.08. The van der Waals surface area contributed by atoms with Crippen molar-refractivity contribution in [3.63, 3.8) is 0 Å². The Bertz CT molecular complexity index is 454. The van der Waals surface area contributed by atoms with Gasteiger partial charge in [-0.2, -0.15) is 57.1 Å². The molecule has 134 valence electrons. The molecule has 0 saturated carbocycles. The normalized spacial score (nSPS) is 15.2. The van der Waals surface area contributed by atoms with Gasteiger partial charge in [-0.3, -0.25) is 0 Å². The minimum absolute atomic E-state index is 0. The van der Waals surface area contributed by atoms with E-state index in [0.29, 0.717) is 0 Å². The molecular weight excluding hydrogens is 386 g/mol. The predicted molar refractivity (Wildman–Crippen MR) is 45.6 cm³/mol. The van der Waals surface area contributed by atoms with Crippen LogP contribution in [0.5, 0.6) is 0 Å². The van der Waals surface area contributed by atoms with Crippen LogP contribution in [-0.4, -0.2) is 76.4 Å². The maximum absolute atomic E-state index is 12.6. The van der Waals surface area contributed by atoms with Crippen LogP contribution in [0, 0.1) is 0 Å². The number of carbonyl (C=O) groups is 1. The van der Waals surface area contributed by atoms with Crippen molar-refractivity contribution >= 4 is 35.5 Å². The number of carboxylic acids is 1. The first-order valence-corrected chi connectivity index (χ1v) is 4.38. The van der Waals surface area contributed by atoms with Crippen LogP contribution in [0.15, 0.2) is 0 Å². The second kappa shape index (κ2) is 6.13. The third-order valence-corrected chi connectivity index (χ3v) is 2.20. The standard InChI is InChI=1S/C7HF13O2.Na.H/c8-2(9,1(21)22)3(10,11)4(12,13)5(14,15)6(16,17)7(18,19)20;;/h(H,21,22);;. The summed E-state index contributed by atoms with van der Waals surface area (Å²) in [4.78, 5) is 9.67. The van der Waals surface area contributed by atoms with Crippen molar-refractivity contribution in [3.8, 4) is 0 Å². The van der Waals surface area contributed by atoms with Crippen LogP contribution in [0.3, 0.4) is 0 Å². The molecule has 0 aliphatic rings. The first kappa shape index (κ1) is 24.8. The first-order chi connectivity index (χ1) is 9.19. The average molecular weight is 388 g/mol. The molecule has 0 unspecified atom stereocenters. The first-order valence-electron chi connectivity index (χ1n) is 4.38. The fraction of sp³-hybridized carbons (Fsp3) is 0.857. The van der Waals surface area contributed by atoms with Crippen molar-refractivity contribution in [2.24, 2.45) is 0 Å². The molecule has 0 rings (SSSR count). The van der Waals surface area contributed by atoms with E-state index >= 15 is 0 Å². The third-order valence-electron chi connectivity index (χ3n) is 2.20. The van der Waals surface area contributed by atoms with Gasteiger partial charge in [-0.05, 0) is 0 Å². The Hall–Kier alpha value is -0.440. The number of carboxylic acid groups (broad SMARTS) is 1. The number of halogens is 13. The van der Waals surface area contributed by atoms with Gasteiger partial charge >= 0.3 is 71.3 Å². The fourth-order valence-corrected chi connectivity index (χ4v) is 0.904. The maximum atomic E-state index is 12.6. The molecule has 0 fully saturated rings. The number of rotatable bonds is 5. The molecular formula is C7H2F13NaO2. The van der Waals surface area contributed by atoms with E-state index in [0.717, 1.165) is 0 Å². The molecule has 0 aromatic rings. The van der Waals surface area contributed by atoms with Gasteiger partial charge in [0.05, 0.1) is 0 Å². The monoisotopic (exact) mass is 388 g/mol. The zero-order valence-electron chi connectivity index (χ0n) is 9.27. The molecule has 0 atom stereocenters. The Morgan fingerprint density at radius 2 is 0.826 bits per heavy atom. The van der Waals surface area contributed by atoms with Gasteiger partial charge in [-0.1, -0.05) is 0 Å². The zero-order valence-corrected chi connectivity index (χ0v) is 9.27. The molecule has 0 amide bonds. The quantitative estimate of drug-likeness (QED) is 0.581. The molecule has 0 spiro atoms. The van der Waals surface area contributed by atoms with Crippen LogP contribution in [0.2, 0.25) is 0 Å². The van der Waals surface area contributed by atoms with Crippen molar-refractivity contribution in [1.82, 2.24) is 0 Å². The zero-order chi connectivity index (χ0) is 18.6. The van der Waals surface area contributed by atoms with Crippen LogP contribution >= 0.6 is 0 Å². The summed E-state index contributed by atoms with van der Waals surface area (Å²) in [6, 6.07) is 0. The SMILES string of the molecule is O=C(O)C(F)(F)C(F)(F)C(F)(F)C(F)(F)C(F)(F)C(F)(F)F.[NaH].